The molecule has 112 valence electrons. The number of aromatic amines is 1. The van der Waals surface area contributed by atoms with E-state index in [1.54, 1.807) is 10.8 Å². The summed E-state index contributed by atoms with van der Waals surface area (Å²) in [6.45, 7) is 2.51. The highest BCUT2D eigenvalue weighted by atomic mass is 16.3. The lowest BCUT2D eigenvalue weighted by atomic mass is 10.0. The average molecular weight is 294 g/mol. The monoisotopic (exact) mass is 294 g/mol. The Hall–Kier alpha value is -2.59. The minimum Gasteiger partial charge on any atom is -0.392 e. The first-order valence-corrected chi connectivity index (χ1v) is 7.26. The van der Waals surface area contributed by atoms with Gasteiger partial charge < -0.3 is 14.7 Å². The molecule has 2 N–H and O–H groups in total. The van der Waals surface area contributed by atoms with E-state index < -0.39 is 0 Å². The smallest absolute Gasteiger partial charge is 0.275 e. The summed E-state index contributed by atoms with van der Waals surface area (Å²) in [5, 5.41) is 10.1. The van der Waals surface area contributed by atoms with Gasteiger partial charge in [0.05, 0.1) is 6.61 Å². The molecule has 0 saturated heterocycles. The highest BCUT2D eigenvalue weighted by Gasteiger charge is 2.10. The first-order chi connectivity index (χ1) is 10.7. The van der Waals surface area contributed by atoms with Gasteiger partial charge in [0.2, 0.25) is 0 Å². The molecule has 0 spiro atoms. The molecule has 0 radical (unpaired) electrons. The topological polar surface area (TPSA) is 58.0 Å². The molecule has 0 unspecified atom stereocenters. The Morgan fingerprint density at radius 1 is 1.23 bits per heavy atom. The number of pyridine rings is 1. The van der Waals surface area contributed by atoms with Crippen LogP contribution in [-0.4, -0.2) is 14.7 Å². The molecular formula is C18H18N2O2. The molecule has 0 aliphatic heterocycles. The van der Waals surface area contributed by atoms with Gasteiger partial charge in [-0.05, 0) is 24.1 Å². The van der Waals surface area contributed by atoms with Crippen molar-refractivity contribution in [1.29, 1.82) is 0 Å². The predicted molar refractivity (Wildman–Crippen MR) is 88.7 cm³/mol. The number of nitrogens with one attached hydrogen (secondary N) is 1. The van der Waals surface area contributed by atoms with Gasteiger partial charge in [-0.2, -0.15) is 0 Å². The van der Waals surface area contributed by atoms with E-state index in [1.807, 2.05) is 55.6 Å². The highest BCUT2D eigenvalue weighted by Crippen LogP contribution is 2.26. The molecule has 0 aliphatic carbocycles. The SMILES string of the molecule is CC=CCn1cc(-c2ccc(CO)cc2)c2cc[nH]c2c1=O. The fourth-order valence-corrected chi connectivity index (χ4v) is 2.57. The van der Waals surface area contributed by atoms with Crippen LogP contribution in [0.25, 0.3) is 22.0 Å². The van der Waals surface area contributed by atoms with Crippen LogP contribution in [0.1, 0.15) is 12.5 Å². The molecular weight excluding hydrogens is 276 g/mol. The number of benzene rings is 1. The summed E-state index contributed by atoms with van der Waals surface area (Å²) in [5.41, 5.74) is 3.50. The predicted octanol–water partition coefficient (Wildman–Crippen LogP) is 3.07. The molecule has 0 saturated carbocycles. The van der Waals surface area contributed by atoms with Crippen LogP contribution in [-0.2, 0) is 13.2 Å². The van der Waals surface area contributed by atoms with Crippen molar-refractivity contribution in [1.82, 2.24) is 9.55 Å². The Labute approximate surface area is 128 Å². The Kier molecular flexibility index (Phi) is 3.94. The van der Waals surface area contributed by atoms with Crippen molar-refractivity contribution >= 4 is 10.9 Å². The van der Waals surface area contributed by atoms with E-state index in [0.717, 1.165) is 22.1 Å². The van der Waals surface area contributed by atoms with Crippen LogP contribution in [0.5, 0.6) is 0 Å². The van der Waals surface area contributed by atoms with Crippen molar-refractivity contribution in [3.8, 4) is 11.1 Å². The zero-order valence-corrected chi connectivity index (χ0v) is 12.4. The first-order valence-electron chi connectivity index (χ1n) is 7.26. The third-order valence-electron chi connectivity index (χ3n) is 3.78. The lowest BCUT2D eigenvalue weighted by molar-refractivity contribution is 0.282. The number of aliphatic hydroxyl groups is 1. The fourth-order valence-electron chi connectivity index (χ4n) is 2.57. The molecule has 0 aliphatic rings. The summed E-state index contributed by atoms with van der Waals surface area (Å²) in [5.74, 6) is 0. The summed E-state index contributed by atoms with van der Waals surface area (Å²) in [6, 6.07) is 9.66. The van der Waals surface area contributed by atoms with E-state index in [9.17, 15) is 4.79 Å². The summed E-state index contributed by atoms with van der Waals surface area (Å²) in [4.78, 5) is 15.5. The fraction of sp³-hybridized carbons (Fsp3) is 0.167. The number of aliphatic hydroxyl groups excluding tert-OH is 1. The quantitative estimate of drug-likeness (QED) is 0.727. The summed E-state index contributed by atoms with van der Waals surface area (Å²) in [7, 11) is 0. The third-order valence-corrected chi connectivity index (χ3v) is 3.78. The van der Waals surface area contributed by atoms with Crippen molar-refractivity contribution < 1.29 is 5.11 Å². The van der Waals surface area contributed by atoms with Crippen molar-refractivity contribution in [2.45, 2.75) is 20.1 Å². The van der Waals surface area contributed by atoms with E-state index in [2.05, 4.69) is 4.98 Å². The Morgan fingerprint density at radius 3 is 2.68 bits per heavy atom. The Balaban J connectivity index is 2.20. The molecule has 3 rings (SSSR count). The van der Waals surface area contributed by atoms with Gasteiger partial charge in [-0.3, -0.25) is 4.79 Å². The largest absolute Gasteiger partial charge is 0.392 e. The van der Waals surface area contributed by atoms with Gasteiger partial charge in [0.15, 0.2) is 0 Å². The second kappa shape index (κ2) is 6.03. The number of allylic oxidation sites excluding steroid dienone is 2. The molecule has 4 heteroatoms. The molecule has 2 aromatic heterocycles. The molecule has 4 nitrogen and oxygen atoms in total. The van der Waals surface area contributed by atoms with Crippen molar-refractivity contribution in [2.24, 2.45) is 0 Å². The van der Waals surface area contributed by atoms with E-state index >= 15 is 0 Å². The van der Waals surface area contributed by atoms with Crippen LogP contribution in [0.15, 0.2) is 59.7 Å². The molecule has 22 heavy (non-hydrogen) atoms. The number of hydrogen-bond acceptors (Lipinski definition) is 2. The van der Waals surface area contributed by atoms with Crippen LogP contribution in [0.4, 0.5) is 0 Å². The maximum Gasteiger partial charge on any atom is 0.275 e. The maximum absolute atomic E-state index is 12.4. The highest BCUT2D eigenvalue weighted by molar-refractivity contribution is 5.94. The standard InChI is InChI=1S/C18H18N2O2/c1-2-3-10-20-11-16(14-6-4-13(12-21)5-7-14)15-8-9-19-17(15)18(20)22/h2-9,11,19,21H,10,12H2,1H3. The molecule has 3 aromatic rings. The molecule has 0 amide bonds. The zero-order valence-electron chi connectivity index (χ0n) is 12.4. The van der Waals surface area contributed by atoms with Gasteiger partial charge >= 0.3 is 0 Å². The van der Waals surface area contributed by atoms with Gasteiger partial charge in [-0.25, -0.2) is 0 Å². The number of hydrogen-bond donors (Lipinski definition) is 2. The van der Waals surface area contributed by atoms with E-state index in [0.29, 0.717) is 12.1 Å². The van der Waals surface area contributed by atoms with Gasteiger partial charge in [-0.1, -0.05) is 36.4 Å². The second-order valence-electron chi connectivity index (χ2n) is 5.19. The van der Waals surface area contributed by atoms with E-state index in [-0.39, 0.29) is 12.2 Å². The van der Waals surface area contributed by atoms with Crippen LogP contribution in [0, 0.1) is 0 Å². The molecule has 0 atom stereocenters. The number of nitrogens with zero attached hydrogens (tertiary/aromatic N) is 1. The van der Waals surface area contributed by atoms with Crippen molar-refractivity contribution in [3.05, 3.63) is 70.8 Å². The minimum absolute atomic E-state index is 0.0196. The molecule has 2 heterocycles. The zero-order chi connectivity index (χ0) is 15.5. The van der Waals surface area contributed by atoms with Crippen LogP contribution < -0.4 is 5.56 Å². The molecule has 1 aromatic carbocycles. The van der Waals surface area contributed by atoms with Gasteiger partial charge in [0, 0.05) is 29.9 Å². The first kappa shape index (κ1) is 14.4. The average Bonchev–Trinajstić information content (AvgIpc) is 3.05. The van der Waals surface area contributed by atoms with Gasteiger partial charge in [0.1, 0.15) is 5.52 Å². The van der Waals surface area contributed by atoms with E-state index in [1.165, 1.54) is 0 Å². The van der Waals surface area contributed by atoms with Crippen molar-refractivity contribution in [2.75, 3.05) is 0 Å². The molecule has 0 bridgehead atoms. The summed E-state index contributed by atoms with van der Waals surface area (Å²) < 4.78 is 1.70. The number of rotatable bonds is 4. The Morgan fingerprint density at radius 2 is 2.00 bits per heavy atom. The second-order valence-corrected chi connectivity index (χ2v) is 5.19. The van der Waals surface area contributed by atoms with Gasteiger partial charge in [-0.15, -0.1) is 0 Å². The van der Waals surface area contributed by atoms with Gasteiger partial charge in [0.25, 0.3) is 5.56 Å². The van der Waals surface area contributed by atoms with Crippen LogP contribution >= 0.6 is 0 Å². The third kappa shape index (κ3) is 2.49. The lowest BCUT2D eigenvalue weighted by Gasteiger charge is -2.09. The van der Waals surface area contributed by atoms with E-state index in [4.69, 9.17) is 5.11 Å². The molecule has 0 fully saturated rings. The normalized spacial score (nSPS) is 11.5. The summed E-state index contributed by atoms with van der Waals surface area (Å²) in [6.07, 6.45) is 7.57. The Bertz CT molecular complexity index is 870. The van der Waals surface area contributed by atoms with Crippen LogP contribution in [0.3, 0.4) is 0 Å². The number of H-pyrrole nitrogens is 1. The summed E-state index contributed by atoms with van der Waals surface area (Å²) >= 11 is 0. The minimum atomic E-state index is -0.0196. The lowest BCUT2D eigenvalue weighted by Crippen LogP contribution is -2.19. The number of fused-ring (bicyclic) bond motifs is 1. The van der Waals surface area contributed by atoms with Crippen molar-refractivity contribution in [3.63, 3.8) is 0 Å². The number of aromatic nitrogens is 2. The van der Waals surface area contributed by atoms with Crippen LogP contribution in [0.2, 0.25) is 0 Å². The maximum atomic E-state index is 12.4.